The van der Waals surface area contributed by atoms with E-state index in [9.17, 15) is 9.59 Å². The molecule has 0 saturated carbocycles. The van der Waals surface area contributed by atoms with E-state index in [2.05, 4.69) is 27.5 Å². The molecule has 8 heteroatoms. The van der Waals surface area contributed by atoms with E-state index in [1.807, 2.05) is 6.92 Å². The number of nitrogen functional groups attached to an aromatic ring is 1. The van der Waals surface area contributed by atoms with Gasteiger partial charge in [0.2, 0.25) is 11.9 Å². The standard InChI is InChI=1S/C23H33N5O3/c1-3-4-5-12-26-22-19(16(2)27-23(24)28-22)7-6-13-25-20(29)14-17-8-10-18(11-9-17)15-21(30)31/h8-11H,3-7,12-15H2,1-2H3,(H,25,29)(H,30,31)(H3,24,26,27,28). The van der Waals surface area contributed by atoms with Gasteiger partial charge in [0, 0.05) is 24.3 Å². The number of aryl methyl sites for hydroxylation is 1. The molecule has 0 aliphatic carbocycles. The molecule has 0 aliphatic rings. The summed E-state index contributed by atoms with van der Waals surface area (Å²) < 4.78 is 0. The van der Waals surface area contributed by atoms with E-state index in [4.69, 9.17) is 10.8 Å². The van der Waals surface area contributed by atoms with Crippen molar-refractivity contribution in [1.29, 1.82) is 0 Å². The molecule has 2 aromatic rings. The number of hydrogen-bond acceptors (Lipinski definition) is 6. The first-order chi connectivity index (χ1) is 14.9. The number of anilines is 2. The van der Waals surface area contributed by atoms with Crippen LogP contribution in [0.2, 0.25) is 0 Å². The van der Waals surface area contributed by atoms with Crippen molar-refractivity contribution in [2.24, 2.45) is 0 Å². The van der Waals surface area contributed by atoms with Crippen LogP contribution >= 0.6 is 0 Å². The number of carboxylic acids is 1. The fourth-order valence-corrected chi connectivity index (χ4v) is 3.34. The molecule has 0 radical (unpaired) electrons. The molecule has 5 N–H and O–H groups in total. The first-order valence-electron chi connectivity index (χ1n) is 10.8. The van der Waals surface area contributed by atoms with E-state index in [-0.39, 0.29) is 24.7 Å². The quantitative estimate of drug-likeness (QED) is 0.362. The van der Waals surface area contributed by atoms with E-state index >= 15 is 0 Å². The zero-order valence-corrected chi connectivity index (χ0v) is 18.4. The lowest BCUT2D eigenvalue weighted by molar-refractivity contribution is -0.136. The minimum absolute atomic E-state index is 0.0177. The molecule has 0 saturated heterocycles. The zero-order chi connectivity index (χ0) is 22.6. The molecule has 2 rings (SSSR count). The molecule has 31 heavy (non-hydrogen) atoms. The summed E-state index contributed by atoms with van der Waals surface area (Å²) in [5.41, 5.74) is 9.28. The van der Waals surface area contributed by atoms with Crippen LogP contribution in [0, 0.1) is 6.92 Å². The minimum Gasteiger partial charge on any atom is -0.481 e. The molecule has 1 heterocycles. The second kappa shape index (κ2) is 12.5. The molecule has 1 aromatic carbocycles. The van der Waals surface area contributed by atoms with Gasteiger partial charge in [-0.3, -0.25) is 9.59 Å². The average Bonchev–Trinajstić information content (AvgIpc) is 2.71. The van der Waals surface area contributed by atoms with Crippen LogP contribution in [0.4, 0.5) is 11.8 Å². The summed E-state index contributed by atoms with van der Waals surface area (Å²) in [6, 6.07) is 7.08. The summed E-state index contributed by atoms with van der Waals surface area (Å²) in [5, 5.41) is 15.1. The highest BCUT2D eigenvalue weighted by molar-refractivity contribution is 5.78. The number of carboxylic acid groups (broad SMARTS) is 1. The van der Waals surface area contributed by atoms with E-state index in [1.165, 1.54) is 0 Å². The normalized spacial score (nSPS) is 10.6. The molecule has 0 bridgehead atoms. The first kappa shape index (κ1) is 24.1. The fraction of sp³-hybridized carbons (Fsp3) is 0.478. The predicted octanol–water partition coefficient (Wildman–Crippen LogP) is 2.89. The Morgan fingerprint density at radius 1 is 1.00 bits per heavy atom. The number of benzene rings is 1. The molecule has 0 atom stereocenters. The lowest BCUT2D eigenvalue weighted by Crippen LogP contribution is -2.26. The molecule has 0 spiro atoms. The maximum Gasteiger partial charge on any atom is 0.307 e. The summed E-state index contributed by atoms with van der Waals surface area (Å²) >= 11 is 0. The summed E-state index contributed by atoms with van der Waals surface area (Å²) in [4.78, 5) is 31.6. The Balaban J connectivity index is 1.81. The van der Waals surface area contributed by atoms with Gasteiger partial charge in [0.05, 0.1) is 12.8 Å². The van der Waals surface area contributed by atoms with Gasteiger partial charge in [-0.15, -0.1) is 0 Å². The Morgan fingerprint density at radius 3 is 2.32 bits per heavy atom. The number of nitrogens with zero attached hydrogens (tertiary/aromatic N) is 2. The van der Waals surface area contributed by atoms with Crippen LogP contribution in [0.1, 0.15) is 55.0 Å². The van der Waals surface area contributed by atoms with Crippen LogP contribution in [0.3, 0.4) is 0 Å². The van der Waals surface area contributed by atoms with Gasteiger partial charge in [-0.25, -0.2) is 4.98 Å². The molecule has 1 amide bonds. The van der Waals surface area contributed by atoms with E-state index in [0.29, 0.717) is 6.54 Å². The number of rotatable bonds is 13. The summed E-state index contributed by atoms with van der Waals surface area (Å²) in [6.07, 6.45) is 5.15. The van der Waals surface area contributed by atoms with Crippen LogP contribution in [0.15, 0.2) is 24.3 Å². The SMILES string of the molecule is CCCCCNc1nc(N)nc(C)c1CCCNC(=O)Cc1ccc(CC(=O)O)cc1. The lowest BCUT2D eigenvalue weighted by atomic mass is 10.1. The monoisotopic (exact) mass is 427 g/mol. The van der Waals surface area contributed by atoms with Crippen molar-refractivity contribution >= 4 is 23.6 Å². The molecule has 0 aliphatic heterocycles. The Hall–Kier alpha value is -3.16. The van der Waals surface area contributed by atoms with Gasteiger partial charge >= 0.3 is 5.97 Å². The van der Waals surface area contributed by atoms with Gasteiger partial charge in [-0.2, -0.15) is 4.98 Å². The van der Waals surface area contributed by atoms with Crippen LogP contribution in [0.25, 0.3) is 0 Å². The highest BCUT2D eigenvalue weighted by Crippen LogP contribution is 2.19. The Labute approximate surface area is 183 Å². The smallest absolute Gasteiger partial charge is 0.307 e. The van der Waals surface area contributed by atoms with Gasteiger partial charge in [0.15, 0.2) is 0 Å². The van der Waals surface area contributed by atoms with Crippen molar-refractivity contribution in [2.45, 2.75) is 58.8 Å². The largest absolute Gasteiger partial charge is 0.481 e. The predicted molar refractivity (Wildman–Crippen MR) is 122 cm³/mol. The Kier molecular flexibility index (Phi) is 9.74. The lowest BCUT2D eigenvalue weighted by Gasteiger charge is -2.14. The van der Waals surface area contributed by atoms with Crippen LogP contribution in [-0.4, -0.2) is 40.0 Å². The molecule has 8 nitrogen and oxygen atoms in total. The molecular weight excluding hydrogens is 394 g/mol. The number of carbonyl (C=O) groups excluding carboxylic acids is 1. The maximum absolute atomic E-state index is 12.2. The Bertz CT molecular complexity index is 868. The van der Waals surface area contributed by atoms with E-state index in [0.717, 1.165) is 66.9 Å². The molecule has 1 aromatic heterocycles. The second-order valence-electron chi connectivity index (χ2n) is 7.65. The van der Waals surface area contributed by atoms with E-state index in [1.54, 1.807) is 24.3 Å². The van der Waals surface area contributed by atoms with Gasteiger partial charge in [-0.1, -0.05) is 44.0 Å². The number of aliphatic carboxylic acids is 1. The first-order valence-corrected chi connectivity index (χ1v) is 10.8. The average molecular weight is 428 g/mol. The van der Waals surface area contributed by atoms with Crippen molar-refractivity contribution in [3.8, 4) is 0 Å². The van der Waals surface area contributed by atoms with Crippen molar-refractivity contribution in [2.75, 3.05) is 24.1 Å². The van der Waals surface area contributed by atoms with Gasteiger partial charge in [0.1, 0.15) is 5.82 Å². The highest BCUT2D eigenvalue weighted by Gasteiger charge is 2.11. The summed E-state index contributed by atoms with van der Waals surface area (Å²) in [7, 11) is 0. The summed E-state index contributed by atoms with van der Waals surface area (Å²) in [5.74, 6) is 0.122. The molecule has 168 valence electrons. The number of amides is 1. The van der Waals surface area contributed by atoms with Crippen molar-refractivity contribution in [1.82, 2.24) is 15.3 Å². The van der Waals surface area contributed by atoms with Crippen molar-refractivity contribution in [3.63, 3.8) is 0 Å². The van der Waals surface area contributed by atoms with Gasteiger partial charge in [0.25, 0.3) is 0 Å². The second-order valence-corrected chi connectivity index (χ2v) is 7.65. The van der Waals surface area contributed by atoms with Crippen LogP contribution in [-0.2, 0) is 28.9 Å². The van der Waals surface area contributed by atoms with Crippen LogP contribution < -0.4 is 16.4 Å². The van der Waals surface area contributed by atoms with E-state index < -0.39 is 5.97 Å². The zero-order valence-electron chi connectivity index (χ0n) is 18.4. The fourth-order valence-electron chi connectivity index (χ4n) is 3.34. The number of aromatic nitrogens is 2. The van der Waals surface area contributed by atoms with Gasteiger partial charge < -0.3 is 21.5 Å². The Morgan fingerprint density at radius 2 is 1.68 bits per heavy atom. The molecular formula is C23H33N5O3. The number of nitrogens with one attached hydrogen (secondary N) is 2. The molecule has 0 unspecified atom stereocenters. The molecule has 0 fully saturated rings. The van der Waals surface area contributed by atoms with Gasteiger partial charge in [-0.05, 0) is 37.3 Å². The topological polar surface area (TPSA) is 130 Å². The number of hydrogen-bond donors (Lipinski definition) is 4. The summed E-state index contributed by atoms with van der Waals surface area (Å²) in [6.45, 7) is 5.49. The third-order valence-corrected chi connectivity index (χ3v) is 4.97. The highest BCUT2D eigenvalue weighted by atomic mass is 16.4. The van der Waals surface area contributed by atoms with Crippen molar-refractivity contribution < 1.29 is 14.7 Å². The van der Waals surface area contributed by atoms with Crippen LogP contribution in [0.5, 0.6) is 0 Å². The third kappa shape index (κ3) is 8.62. The number of nitrogens with two attached hydrogens (primary N) is 1. The minimum atomic E-state index is -0.869. The maximum atomic E-state index is 12.2. The van der Waals surface area contributed by atoms with Crippen molar-refractivity contribution in [3.05, 3.63) is 46.6 Å². The third-order valence-electron chi connectivity index (χ3n) is 4.97. The number of unbranched alkanes of at least 4 members (excludes halogenated alkanes) is 2. The number of carbonyl (C=O) groups is 2.